The predicted molar refractivity (Wildman–Crippen MR) is 88.6 cm³/mol. The van der Waals surface area contributed by atoms with Gasteiger partial charge in [0, 0.05) is 23.7 Å². The number of nitrogens with zero attached hydrogens (tertiary/aromatic N) is 3. The van der Waals surface area contributed by atoms with Crippen molar-refractivity contribution in [1.29, 1.82) is 0 Å². The predicted octanol–water partition coefficient (Wildman–Crippen LogP) is 4.44. The van der Waals surface area contributed by atoms with Crippen molar-refractivity contribution < 1.29 is 8.81 Å². The topological polar surface area (TPSA) is 42.2 Å². The molecule has 4 nitrogen and oxygen atoms in total. The standard InChI is InChI=1S/C17H18FN3OS/c1-11(17-19-8-9-23-17)21(3)10-15-12(2)22-16(20-15)13-4-6-14(18)7-5-13/h4-9,11H,10H2,1-3H3/t11-/m1/s1. The third kappa shape index (κ3) is 3.48. The molecule has 1 aromatic carbocycles. The molecule has 120 valence electrons. The highest BCUT2D eigenvalue weighted by Gasteiger charge is 2.18. The molecule has 0 radical (unpaired) electrons. The molecule has 3 aromatic rings. The maximum atomic E-state index is 13.0. The third-order valence-electron chi connectivity index (χ3n) is 3.85. The van der Waals surface area contributed by atoms with Crippen molar-refractivity contribution in [2.45, 2.75) is 26.4 Å². The van der Waals surface area contributed by atoms with Gasteiger partial charge in [0.2, 0.25) is 5.89 Å². The van der Waals surface area contributed by atoms with Crippen molar-refractivity contribution in [3.05, 3.63) is 58.1 Å². The molecule has 0 unspecified atom stereocenters. The highest BCUT2D eigenvalue weighted by molar-refractivity contribution is 7.09. The van der Waals surface area contributed by atoms with Crippen molar-refractivity contribution in [2.24, 2.45) is 0 Å². The van der Waals surface area contributed by atoms with E-state index in [-0.39, 0.29) is 11.9 Å². The van der Waals surface area contributed by atoms with Crippen LogP contribution in [0.1, 0.15) is 29.4 Å². The minimum absolute atomic E-state index is 0.209. The van der Waals surface area contributed by atoms with Gasteiger partial charge in [-0.15, -0.1) is 11.3 Å². The Morgan fingerprint density at radius 1 is 1.30 bits per heavy atom. The van der Waals surface area contributed by atoms with Crippen LogP contribution in [0.5, 0.6) is 0 Å². The van der Waals surface area contributed by atoms with Crippen LogP contribution in [0.15, 0.2) is 40.3 Å². The Morgan fingerprint density at radius 3 is 2.70 bits per heavy atom. The lowest BCUT2D eigenvalue weighted by atomic mass is 10.2. The number of hydrogen-bond acceptors (Lipinski definition) is 5. The maximum Gasteiger partial charge on any atom is 0.226 e. The smallest absolute Gasteiger partial charge is 0.226 e. The van der Waals surface area contributed by atoms with Crippen LogP contribution in [0.2, 0.25) is 0 Å². The maximum absolute atomic E-state index is 13.0. The summed E-state index contributed by atoms with van der Waals surface area (Å²) >= 11 is 1.65. The largest absolute Gasteiger partial charge is 0.441 e. The molecule has 0 aliphatic carbocycles. The summed E-state index contributed by atoms with van der Waals surface area (Å²) in [5, 5.41) is 3.06. The molecule has 0 N–H and O–H groups in total. The molecule has 0 amide bonds. The van der Waals surface area contributed by atoms with Crippen LogP contribution in [0.4, 0.5) is 4.39 Å². The Bertz CT molecular complexity index is 768. The van der Waals surface area contributed by atoms with E-state index in [0.717, 1.165) is 22.0 Å². The Morgan fingerprint density at radius 2 is 2.04 bits per heavy atom. The van der Waals surface area contributed by atoms with Crippen LogP contribution in [0.25, 0.3) is 11.5 Å². The first-order valence-electron chi connectivity index (χ1n) is 7.36. The summed E-state index contributed by atoms with van der Waals surface area (Å²) in [4.78, 5) is 11.1. The van der Waals surface area contributed by atoms with E-state index in [2.05, 4.69) is 21.8 Å². The molecule has 23 heavy (non-hydrogen) atoms. The molecular weight excluding hydrogens is 313 g/mol. The van der Waals surface area contributed by atoms with E-state index < -0.39 is 0 Å². The van der Waals surface area contributed by atoms with Crippen LogP contribution in [0.3, 0.4) is 0 Å². The van der Waals surface area contributed by atoms with E-state index in [1.165, 1.54) is 12.1 Å². The third-order valence-corrected chi connectivity index (χ3v) is 4.80. The van der Waals surface area contributed by atoms with Gasteiger partial charge >= 0.3 is 0 Å². The van der Waals surface area contributed by atoms with Crippen molar-refractivity contribution in [3.63, 3.8) is 0 Å². The molecule has 0 aliphatic heterocycles. The minimum Gasteiger partial charge on any atom is -0.441 e. The van der Waals surface area contributed by atoms with Gasteiger partial charge in [0.15, 0.2) is 0 Å². The van der Waals surface area contributed by atoms with Crippen LogP contribution >= 0.6 is 11.3 Å². The first kappa shape index (κ1) is 15.8. The van der Waals surface area contributed by atoms with E-state index in [4.69, 9.17) is 4.42 Å². The Labute approximate surface area is 138 Å². The average molecular weight is 331 g/mol. The highest BCUT2D eigenvalue weighted by Crippen LogP contribution is 2.26. The normalized spacial score (nSPS) is 12.7. The van der Waals surface area contributed by atoms with Gasteiger partial charge in [0.1, 0.15) is 16.6 Å². The SMILES string of the molecule is Cc1oc(-c2ccc(F)cc2)nc1CN(C)[C@H](C)c1nccs1. The van der Waals surface area contributed by atoms with Crippen LogP contribution in [-0.4, -0.2) is 21.9 Å². The number of thiazole rings is 1. The second-order valence-corrected chi connectivity index (χ2v) is 6.42. The number of oxazole rings is 1. The molecule has 0 aliphatic rings. The zero-order chi connectivity index (χ0) is 16.4. The van der Waals surface area contributed by atoms with Crippen LogP contribution < -0.4 is 0 Å². The first-order chi connectivity index (χ1) is 11.0. The number of hydrogen-bond donors (Lipinski definition) is 0. The summed E-state index contributed by atoms with van der Waals surface area (Å²) in [6, 6.07) is 6.37. The van der Waals surface area contributed by atoms with Gasteiger partial charge < -0.3 is 4.42 Å². The highest BCUT2D eigenvalue weighted by atomic mass is 32.1. The summed E-state index contributed by atoms with van der Waals surface area (Å²) in [5.41, 5.74) is 1.66. The van der Waals surface area contributed by atoms with E-state index in [9.17, 15) is 4.39 Å². The monoisotopic (exact) mass is 331 g/mol. The van der Waals surface area contributed by atoms with Gasteiger partial charge in [-0.25, -0.2) is 14.4 Å². The molecule has 0 bridgehead atoms. The summed E-state index contributed by atoms with van der Waals surface area (Å²) in [7, 11) is 2.04. The van der Waals surface area contributed by atoms with E-state index in [0.29, 0.717) is 12.4 Å². The quantitative estimate of drug-likeness (QED) is 0.693. The Balaban J connectivity index is 1.77. The molecule has 6 heteroatoms. The summed E-state index contributed by atoms with van der Waals surface area (Å²) in [6.45, 7) is 4.68. The van der Waals surface area contributed by atoms with E-state index >= 15 is 0 Å². The van der Waals surface area contributed by atoms with Gasteiger partial charge in [0.25, 0.3) is 0 Å². The average Bonchev–Trinajstić information content (AvgIpc) is 3.18. The number of benzene rings is 1. The van der Waals surface area contributed by atoms with E-state index in [1.54, 1.807) is 23.5 Å². The van der Waals surface area contributed by atoms with E-state index in [1.807, 2.05) is 25.5 Å². The fraction of sp³-hybridized carbons (Fsp3) is 0.294. The second-order valence-electron chi connectivity index (χ2n) is 5.49. The summed E-state index contributed by atoms with van der Waals surface area (Å²) in [6.07, 6.45) is 1.82. The van der Waals surface area contributed by atoms with Crippen molar-refractivity contribution in [1.82, 2.24) is 14.9 Å². The molecule has 2 aromatic heterocycles. The lowest BCUT2D eigenvalue weighted by Gasteiger charge is -2.21. The molecule has 3 rings (SSSR count). The zero-order valence-electron chi connectivity index (χ0n) is 13.3. The Kier molecular flexibility index (Phi) is 4.54. The fourth-order valence-corrected chi connectivity index (χ4v) is 3.05. The van der Waals surface area contributed by atoms with Crippen molar-refractivity contribution >= 4 is 11.3 Å². The number of aromatic nitrogens is 2. The number of halogens is 1. The molecular formula is C17H18FN3OS. The van der Waals surface area contributed by atoms with Crippen LogP contribution in [0, 0.1) is 12.7 Å². The molecule has 0 saturated heterocycles. The van der Waals surface area contributed by atoms with Gasteiger partial charge in [-0.3, -0.25) is 4.90 Å². The lowest BCUT2D eigenvalue weighted by molar-refractivity contribution is 0.248. The van der Waals surface area contributed by atoms with Gasteiger partial charge in [0.05, 0.1) is 11.7 Å². The second kappa shape index (κ2) is 6.60. The molecule has 0 saturated carbocycles. The summed E-state index contributed by atoms with van der Waals surface area (Å²) < 4.78 is 18.8. The minimum atomic E-state index is -0.269. The van der Waals surface area contributed by atoms with Gasteiger partial charge in [-0.1, -0.05) is 0 Å². The molecule has 0 spiro atoms. The van der Waals surface area contributed by atoms with Crippen molar-refractivity contribution in [3.8, 4) is 11.5 Å². The zero-order valence-corrected chi connectivity index (χ0v) is 14.1. The van der Waals surface area contributed by atoms with Crippen molar-refractivity contribution in [2.75, 3.05) is 7.05 Å². The Hall–Kier alpha value is -2.05. The van der Waals surface area contributed by atoms with Gasteiger partial charge in [-0.05, 0) is 45.2 Å². The number of aryl methyl sites for hydroxylation is 1. The molecule has 2 heterocycles. The van der Waals surface area contributed by atoms with Gasteiger partial charge in [-0.2, -0.15) is 0 Å². The molecule has 1 atom stereocenters. The summed E-state index contributed by atoms with van der Waals surface area (Å²) in [5.74, 6) is 1.03. The first-order valence-corrected chi connectivity index (χ1v) is 8.24. The fourth-order valence-electron chi connectivity index (χ4n) is 2.29. The van der Waals surface area contributed by atoms with Crippen LogP contribution in [-0.2, 0) is 6.54 Å². The lowest BCUT2D eigenvalue weighted by Crippen LogP contribution is -2.22. The molecule has 0 fully saturated rings. The number of rotatable bonds is 5.